The number of halogens is 3. The molecule has 2 nitrogen and oxygen atoms in total. The summed E-state index contributed by atoms with van der Waals surface area (Å²) in [6.45, 7) is 3.78. The predicted molar refractivity (Wildman–Crippen MR) is 75.1 cm³/mol. The number of amides is 1. The number of aryl methyl sites for hydroxylation is 1. The lowest BCUT2D eigenvalue weighted by Gasteiger charge is -2.13. The van der Waals surface area contributed by atoms with Gasteiger partial charge in [0.25, 0.3) is 0 Å². The topological polar surface area (TPSA) is 29.1 Å². The molecule has 0 saturated heterocycles. The quantitative estimate of drug-likeness (QED) is 0.790. The Morgan fingerprint density at radius 1 is 1.44 bits per heavy atom. The van der Waals surface area contributed by atoms with Crippen LogP contribution in [0.4, 0.5) is 5.69 Å². The minimum Gasteiger partial charge on any atom is -0.324 e. The van der Waals surface area contributed by atoms with Crippen LogP contribution in [0.2, 0.25) is 0 Å². The number of anilines is 1. The van der Waals surface area contributed by atoms with Crippen LogP contribution >= 0.6 is 43.5 Å². The summed E-state index contributed by atoms with van der Waals surface area (Å²) >= 11 is 12.5. The third-order valence-corrected chi connectivity index (χ3v) is 3.83. The van der Waals surface area contributed by atoms with Crippen LogP contribution in [0, 0.1) is 12.8 Å². The summed E-state index contributed by atoms with van der Waals surface area (Å²) in [5, 5.41) is 2.84. The van der Waals surface area contributed by atoms with E-state index in [1.807, 2.05) is 19.1 Å². The van der Waals surface area contributed by atoms with E-state index in [4.69, 9.17) is 11.6 Å². The highest BCUT2D eigenvalue weighted by molar-refractivity contribution is 9.11. The normalized spacial score (nSPS) is 12.3. The summed E-state index contributed by atoms with van der Waals surface area (Å²) in [7, 11) is 0. The van der Waals surface area contributed by atoms with E-state index in [0.29, 0.717) is 5.88 Å². The molecule has 0 saturated carbocycles. The monoisotopic (exact) mass is 367 g/mol. The van der Waals surface area contributed by atoms with Crippen LogP contribution in [0.1, 0.15) is 12.5 Å². The molecule has 5 heteroatoms. The Morgan fingerprint density at radius 2 is 1.94 bits per heavy atom. The van der Waals surface area contributed by atoms with Gasteiger partial charge in [0, 0.05) is 20.7 Å². The summed E-state index contributed by atoms with van der Waals surface area (Å²) in [6, 6.07) is 3.90. The number of benzene rings is 1. The van der Waals surface area contributed by atoms with Crippen molar-refractivity contribution in [3.8, 4) is 0 Å². The van der Waals surface area contributed by atoms with E-state index in [1.54, 1.807) is 6.92 Å². The fraction of sp³-hybridized carbons (Fsp3) is 0.364. The Kier molecular flexibility index (Phi) is 5.28. The van der Waals surface area contributed by atoms with Crippen molar-refractivity contribution < 1.29 is 4.79 Å². The molecule has 0 heterocycles. The highest BCUT2D eigenvalue weighted by Gasteiger charge is 2.15. The van der Waals surface area contributed by atoms with E-state index in [2.05, 4.69) is 37.2 Å². The number of carbonyl (C=O) groups excluding carboxylic acids is 1. The number of hydrogen-bond acceptors (Lipinski definition) is 1. The van der Waals surface area contributed by atoms with Crippen molar-refractivity contribution in [3.05, 3.63) is 26.6 Å². The predicted octanol–water partition coefficient (Wildman–Crippen LogP) is 4.33. The largest absolute Gasteiger partial charge is 0.324 e. The average molecular weight is 369 g/mol. The smallest absolute Gasteiger partial charge is 0.228 e. The van der Waals surface area contributed by atoms with Gasteiger partial charge in [0.05, 0.1) is 5.69 Å². The van der Waals surface area contributed by atoms with Gasteiger partial charge in [0.1, 0.15) is 0 Å². The first kappa shape index (κ1) is 14.0. The van der Waals surface area contributed by atoms with Gasteiger partial charge in [-0.05, 0) is 56.5 Å². The van der Waals surface area contributed by atoms with Crippen LogP contribution in [0.15, 0.2) is 21.1 Å². The summed E-state index contributed by atoms with van der Waals surface area (Å²) in [4.78, 5) is 11.7. The van der Waals surface area contributed by atoms with Gasteiger partial charge in [-0.25, -0.2) is 0 Å². The lowest BCUT2D eigenvalue weighted by molar-refractivity contribution is -0.118. The van der Waals surface area contributed by atoms with Crippen molar-refractivity contribution in [2.45, 2.75) is 13.8 Å². The van der Waals surface area contributed by atoms with Gasteiger partial charge in [-0.1, -0.05) is 6.92 Å². The zero-order valence-corrected chi connectivity index (χ0v) is 12.9. The van der Waals surface area contributed by atoms with Gasteiger partial charge in [-0.2, -0.15) is 0 Å². The first-order chi connectivity index (χ1) is 7.45. The van der Waals surface area contributed by atoms with E-state index < -0.39 is 0 Å². The molecule has 1 N–H and O–H groups in total. The van der Waals surface area contributed by atoms with Gasteiger partial charge in [0.2, 0.25) is 5.91 Å². The van der Waals surface area contributed by atoms with E-state index >= 15 is 0 Å². The van der Waals surface area contributed by atoms with Gasteiger partial charge in [-0.15, -0.1) is 11.6 Å². The SMILES string of the molecule is Cc1cc(Br)c(NC(=O)C(C)CCl)c(Br)c1. The van der Waals surface area contributed by atoms with E-state index in [-0.39, 0.29) is 11.8 Å². The zero-order chi connectivity index (χ0) is 12.3. The van der Waals surface area contributed by atoms with Crippen LogP contribution < -0.4 is 5.32 Å². The lowest BCUT2D eigenvalue weighted by Crippen LogP contribution is -2.21. The minimum absolute atomic E-state index is 0.0831. The molecule has 1 amide bonds. The zero-order valence-electron chi connectivity index (χ0n) is 8.98. The molecule has 0 aliphatic rings. The van der Waals surface area contributed by atoms with Gasteiger partial charge in [-0.3, -0.25) is 4.79 Å². The molecular weight excluding hydrogens is 357 g/mol. The van der Waals surface area contributed by atoms with Crippen molar-refractivity contribution in [2.75, 3.05) is 11.2 Å². The molecule has 0 fully saturated rings. The Bertz CT molecular complexity index is 386. The lowest BCUT2D eigenvalue weighted by atomic mass is 10.2. The molecule has 0 aromatic heterocycles. The molecule has 0 bridgehead atoms. The highest BCUT2D eigenvalue weighted by Crippen LogP contribution is 2.32. The van der Waals surface area contributed by atoms with Crippen molar-refractivity contribution >= 4 is 55.1 Å². The summed E-state index contributed by atoms with van der Waals surface area (Å²) in [6.07, 6.45) is 0. The second-order valence-electron chi connectivity index (χ2n) is 3.65. The molecule has 0 aliphatic carbocycles. The maximum absolute atomic E-state index is 11.7. The third kappa shape index (κ3) is 3.47. The molecule has 1 unspecified atom stereocenters. The number of carbonyl (C=O) groups is 1. The van der Waals surface area contributed by atoms with Gasteiger partial charge in [0.15, 0.2) is 0 Å². The van der Waals surface area contributed by atoms with Crippen LogP contribution in [0.3, 0.4) is 0 Å². The second kappa shape index (κ2) is 6.03. The summed E-state index contributed by atoms with van der Waals surface area (Å²) in [5.41, 5.74) is 1.86. The number of alkyl halides is 1. The average Bonchev–Trinajstić information content (AvgIpc) is 2.21. The summed E-state index contributed by atoms with van der Waals surface area (Å²) in [5.74, 6) is 0.0226. The molecule has 1 aromatic carbocycles. The first-order valence-corrected chi connectivity index (χ1v) is 6.90. The van der Waals surface area contributed by atoms with Crippen molar-refractivity contribution in [2.24, 2.45) is 5.92 Å². The Labute approximate surface area is 117 Å². The van der Waals surface area contributed by atoms with Crippen LogP contribution in [0.25, 0.3) is 0 Å². The van der Waals surface area contributed by atoms with E-state index in [0.717, 1.165) is 20.2 Å². The van der Waals surface area contributed by atoms with E-state index in [9.17, 15) is 4.79 Å². The molecule has 1 atom stereocenters. The Morgan fingerprint density at radius 3 is 2.38 bits per heavy atom. The van der Waals surface area contributed by atoms with Crippen LogP contribution in [0.5, 0.6) is 0 Å². The van der Waals surface area contributed by atoms with Gasteiger partial charge >= 0.3 is 0 Å². The summed E-state index contributed by atoms with van der Waals surface area (Å²) < 4.78 is 1.71. The fourth-order valence-corrected chi connectivity index (χ4v) is 2.89. The van der Waals surface area contributed by atoms with Crippen LogP contribution in [-0.4, -0.2) is 11.8 Å². The van der Waals surface area contributed by atoms with Crippen LogP contribution in [-0.2, 0) is 4.79 Å². The molecule has 88 valence electrons. The van der Waals surface area contributed by atoms with E-state index in [1.165, 1.54) is 0 Å². The Balaban J connectivity index is 2.93. The second-order valence-corrected chi connectivity index (χ2v) is 5.67. The maximum atomic E-state index is 11.7. The minimum atomic E-state index is -0.207. The number of rotatable bonds is 3. The fourth-order valence-electron chi connectivity index (χ4n) is 1.14. The number of nitrogens with one attached hydrogen (secondary N) is 1. The maximum Gasteiger partial charge on any atom is 0.228 e. The van der Waals surface area contributed by atoms with Crippen molar-refractivity contribution in [1.82, 2.24) is 0 Å². The first-order valence-electron chi connectivity index (χ1n) is 4.78. The molecular formula is C11H12Br2ClNO. The molecule has 1 rings (SSSR count). The molecule has 16 heavy (non-hydrogen) atoms. The molecule has 0 aliphatic heterocycles. The number of hydrogen-bond donors (Lipinski definition) is 1. The standard InChI is InChI=1S/C11H12Br2ClNO/c1-6-3-8(12)10(9(13)4-6)15-11(16)7(2)5-14/h3-4,7H,5H2,1-2H3,(H,15,16). The molecule has 0 radical (unpaired) electrons. The highest BCUT2D eigenvalue weighted by atomic mass is 79.9. The van der Waals surface area contributed by atoms with Crippen molar-refractivity contribution in [3.63, 3.8) is 0 Å². The third-order valence-electron chi connectivity index (χ3n) is 2.11. The molecule has 1 aromatic rings. The molecule has 0 spiro atoms. The Hall–Kier alpha value is -0.0600. The van der Waals surface area contributed by atoms with Gasteiger partial charge < -0.3 is 5.32 Å². The van der Waals surface area contributed by atoms with Crippen molar-refractivity contribution in [1.29, 1.82) is 0 Å².